The SMILES string of the molecule is C=CCc1ccc(-c2cnc(/C=C/CCCC(C)F)cn2)cc1. The standard InChI is InChI=1S/C20H23FN2/c1-3-7-17-10-12-18(13-11-17)20-15-22-19(14-23-20)9-6-4-5-8-16(2)21/h3,6,9-16H,1,4-5,7-8H2,2H3/b9-6+. The van der Waals surface area contributed by atoms with Crippen molar-refractivity contribution in [3.8, 4) is 11.3 Å². The van der Waals surface area contributed by atoms with Crippen molar-refractivity contribution in [1.82, 2.24) is 9.97 Å². The average molecular weight is 310 g/mol. The Bertz CT molecular complexity index is 628. The highest BCUT2D eigenvalue weighted by atomic mass is 19.1. The van der Waals surface area contributed by atoms with Crippen LogP contribution in [0.3, 0.4) is 0 Å². The third-order valence-corrected chi connectivity index (χ3v) is 3.56. The Labute approximate surface area is 137 Å². The van der Waals surface area contributed by atoms with Gasteiger partial charge < -0.3 is 0 Å². The van der Waals surface area contributed by atoms with E-state index in [1.807, 2.05) is 18.2 Å². The average Bonchev–Trinajstić information content (AvgIpc) is 2.56. The van der Waals surface area contributed by atoms with Gasteiger partial charge in [0.1, 0.15) is 0 Å². The van der Waals surface area contributed by atoms with Crippen LogP contribution in [0.1, 0.15) is 37.4 Å². The summed E-state index contributed by atoms with van der Waals surface area (Å²) in [4.78, 5) is 8.86. The highest BCUT2D eigenvalue weighted by molar-refractivity contribution is 5.59. The number of allylic oxidation sites excluding steroid dienone is 2. The van der Waals surface area contributed by atoms with Crippen molar-refractivity contribution >= 4 is 6.08 Å². The van der Waals surface area contributed by atoms with Gasteiger partial charge in [-0.05, 0) is 44.2 Å². The van der Waals surface area contributed by atoms with E-state index in [1.165, 1.54) is 5.56 Å². The smallest absolute Gasteiger partial charge is 0.0973 e. The molecule has 2 rings (SSSR count). The minimum Gasteiger partial charge on any atom is -0.253 e. The topological polar surface area (TPSA) is 25.8 Å². The van der Waals surface area contributed by atoms with Crippen LogP contribution in [0.25, 0.3) is 17.3 Å². The van der Waals surface area contributed by atoms with Gasteiger partial charge in [0.2, 0.25) is 0 Å². The maximum absolute atomic E-state index is 12.7. The van der Waals surface area contributed by atoms with Crippen LogP contribution in [-0.4, -0.2) is 16.1 Å². The molecular weight excluding hydrogens is 287 g/mol. The van der Waals surface area contributed by atoms with Gasteiger partial charge in [-0.1, -0.05) is 36.4 Å². The van der Waals surface area contributed by atoms with Crippen molar-refractivity contribution in [3.05, 3.63) is 66.6 Å². The Kier molecular flexibility index (Phi) is 6.67. The van der Waals surface area contributed by atoms with Crippen molar-refractivity contribution in [3.63, 3.8) is 0 Å². The van der Waals surface area contributed by atoms with E-state index in [0.29, 0.717) is 6.42 Å². The summed E-state index contributed by atoms with van der Waals surface area (Å²) in [6.07, 6.45) is 11.9. The number of halogens is 1. The minimum absolute atomic E-state index is 0.608. The van der Waals surface area contributed by atoms with E-state index >= 15 is 0 Å². The minimum atomic E-state index is -0.722. The Balaban J connectivity index is 1.93. The van der Waals surface area contributed by atoms with E-state index in [9.17, 15) is 4.39 Å². The number of nitrogens with zero attached hydrogens (tertiary/aromatic N) is 2. The number of alkyl halides is 1. The van der Waals surface area contributed by atoms with E-state index in [2.05, 4.69) is 40.8 Å². The lowest BCUT2D eigenvalue weighted by Gasteiger charge is -2.02. The van der Waals surface area contributed by atoms with Crippen molar-refractivity contribution in [2.75, 3.05) is 0 Å². The molecule has 2 aromatic rings. The van der Waals surface area contributed by atoms with Crippen LogP contribution in [0.4, 0.5) is 4.39 Å². The van der Waals surface area contributed by atoms with Crippen molar-refractivity contribution in [2.24, 2.45) is 0 Å². The molecular formula is C20H23FN2. The van der Waals surface area contributed by atoms with Crippen molar-refractivity contribution in [2.45, 2.75) is 38.8 Å². The van der Waals surface area contributed by atoms with Crippen LogP contribution in [0.15, 0.2) is 55.4 Å². The van der Waals surface area contributed by atoms with E-state index in [0.717, 1.165) is 36.2 Å². The molecule has 1 aromatic heterocycles. The molecule has 0 spiro atoms. The Morgan fingerprint density at radius 2 is 1.96 bits per heavy atom. The van der Waals surface area contributed by atoms with Gasteiger partial charge in [0.05, 0.1) is 30.0 Å². The number of benzene rings is 1. The monoisotopic (exact) mass is 310 g/mol. The number of aromatic nitrogens is 2. The molecule has 2 nitrogen and oxygen atoms in total. The molecule has 23 heavy (non-hydrogen) atoms. The van der Waals surface area contributed by atoms with Gasteiger partial charge in [0, 0.05) is 5.56 Å². The van der Waals surface area contributed by atoms with Crippen molar-refractivity contribution in [1.29, 1.82) is 0 Å². The summed E-state index contributed by atoms with van der Waals surface area (Å²) in [6.45, 7) is 5.34. The Hall–Kier alpha value is -2.29. The van der Waals surface area contributed by atoms with E-state index in [1.54, 1.807) is 19.3 Å². The van der Waals surface area contributed by atoms with Crippen LogP contribution < -0.4 is 0 Å². The molecule has 0 aliphatic rings. The molecule has 0 fully saturated rings. The molecule has 0 bridgehead atoms. The molecule has 0 radical (unpaired) electrons. The van der Waals surface area contributed by atoms with E-state index in [4.69, 9.17) is 0 Å². The van der Waals surface area contributed by atoms with Gasteiger partial charge in [0.15, 0.2) is 0 Å². The second-order valence-corrected chi connectivity index (χ2v) is 5.63. The van der Waals surface area contributed by atoms with Gasteiger partial charge >= 0.3 is 0 Å². The lowest BCUT2D eigenvalue weighted by molar-refractivity contribution is 0.335. The largest absolute Gasteiger partial charge is 0.253 e. The van der Waals surface area contributed by atoms with Gasteiger partial charge in [0.25, 0.3) is 0 Å². The van der Waals surface area contributed by atoms with E-state index < -0.39 is 6.17 Å². The molecule has 0 aliphatic heterocycles. The Morgan fingerprint density at radius 1 is 1.17 bits per heavy atom. The van der Waals surface area contributed by atoms with Gasteiger partial charge in [-0.2, -0.15) is 0 Å². The fourth-order valence-electron chi connectivity index (χ4n) is 2.27. The first kappa shape index (κ1) is 17.1. The van der Waals surface area contributed by atoms with Gasteiger partial charge in [-0.25, -0.2) is 4.39 Å². The summed E-state index contributed by atoms with van der Waals surface area (Å²) in [5.41, 5.74) is 3.97. The fourth-order valence-corrected chi connectivity index (χ4v) is 2.27. The predicted octanol–water partition coefficient (Wildman–Crippen LogP) is 5.41. The molecule has 0 saturated heterocycles. The quantitative estimate of drug-likeness (QED) is 0.481. The molecule has 1 unspecified atom stereocenters. The lowest BCUT2D eigenvalue weighted by atomic mass is 10.1. The first-order chi connectivity index (χ1) is 11.2. The zero-order valence-electron chi connectivity index (χ0n) is 13.6. The van der Waals surface area contributed by atoms with Crippen LogP contribution in [-0.2, 0) is 6.42 Å². The molecule has 0 amide bonds. The fraction of sp³-hybridized carbons (Fsp3) is 0.300. The van der Waals surface area contributed by atoms with Gasteiger partial charge in [-0.3, -0.25) is 9.97 Å². The third kappa shape index (κ3) is 5.78. The second kappa shape index (κ2) is 8.99. The lowest BCUT2D eigenvalue weighted by Crippen LogP contribution is -1.90. The second-order valence-electron chi connectivity index (χ2n) is 5.63. The first-order valence-electron chi connectivity index (χ1n) is 8.02. The number of rotatable bonds is 8. The molecule has 1 heterocycles. The zero-order chi connectivity index (χ0) is 16.5. The Morgan fingerprint density at radius 3 is 2.57 bits per heavy atom. The number of unbranched alkanes of at least 4 members (excludes halogenated alkanes) is 1. The maximum atomic E-state index is 12.7. The summed E-state index contributed by atoms with van der Waals surface area (Å²) in [5.74, 6) is 0. The zero-order valence-corrected chi connectivity index (χ0v) is 13.6. The number of hydrogen-bond acceptors (Lipinski definition) is 2. The van der Waals surface area contributed by atoms with Crippen molar-refractivity contribution < 1.29 is 4.39 Å². The molecule has 0 saturated carbocycles. The highest BCUT2D eigenvalue weighted by Gasteiger charge is 2.00. The highest BCUT2D eigenvalue weighted by Crippen LogP contribution is 2.17. The summed E-state index contributed by atoms with van der Waals surface area (Å²) in [7, 11) is 0. The molecule has 120 valence electrons. The summed E-state index contributed by atoms with van der Waals surface area (Å²) in [5, 5.41) is 0. The number of hydrogen-bond donors (Lipinski definition) is 0. The molecule has 1 aromatic carbocycles. The molecule has 0 aliphatic carbocycles. The van der Waals surface area contributed by atoms with E-state index in [-0.39, 0.29) is 0 Å². The van der Waals surface area contributed by atoms with Crippen LogP contribution in [0.2, 0.25) is 0 Å². The molecule has 0 N–H and O–H groups in total. The van der Waals surface area contributed by atoms with Gasteiger partial charge in [-0.15, -0.1) is 6.58 Å². The van der Waals surface area contributed by atoms with Crippen LogP contribution in [0.5, 0.6) is 0 Å². The van der Waals surface area contributed by atoms with Crippen LogP contribution >= 0.6 is 0 Å². The normalized spacial score (nSPS) is 12.4. The maximum Gasteiger partial charge on any atom is 0.0973 e. The first-order valence-corrected chi connectivity index (χ1v) is 8.02. The third-order valence-electron chi connectivity index (χ3n) is 3.56. The molecule has 1 atom stereocenters. The molecule has 3 heteroatoms. The summed E-state index contributed by atoms with van der Waals surface area (Å²) in [6, 6.07) is 8.27. The van der Waals surface area contributed by atoms with Crippen LogP contribution in [0, 0.1) is 0 Å². The summed E-state index contributed by atoms with van der Waals surface area (Å²) >= 11 is 0. The summed E-state index contributed by atoms with van der Waals surface area (Å²) < 4.78 is 12.7. The predicted molar refractivity (Wildman–Crippen MR) is 94.8 cm³/mol.